The van der Waals surface area contributed by atoms with Crippen LogP contribution in [0, 0.1) is 15.9 Å². The van der Waals surface area contributed by atoms with Crippen molar-refractivity contribution in [1.29, 1.82) is 0 Å². The van der Waals surface area contributed by atoms with E-state index in [2.05, 4.69) is 5.32 Å². The van der Waals surface area contributed by atoms with Crippen molar-refractivity contribution in [3.8, 4) is 0 Å². The van der Waals surface area contributed by atoms with E-state index in [9.17, 15) is 19.3 Å². The third-order valence-corrected chi connectivity index (χ3v) is 3.38. The van der Waals surface area contributed by atoms with Crippen molar-refractivity contribution in [2.45, 2.75) is 0 Å². The number of hydrogen-bond donors (Lipinski definition) is 1. The van der Waals surface area contributed by atoms with Gasteiger partial charge >= 0.3 is 0 Å². The molecule has 0 spiro atoms. The fourth-order valence-corrected chi connectivity index (χ4v) is 2.16. The van der Waals surface area contributed by atoms with Crippen molar-refractivity contribution < 1.29 is 14.1 Å². The Hall–Kier alpha value is -2.67. The minimum absolute atomic E-state index is 0.129. The number of carbonyl (C=O) groups is 1. The normalized spacial score (nSPS) is 10.3. The fourth-order valence-electron chi connectivity index (χ4n) is 1.98. The zero-order valence-electron chi connectivity index (χ0n) is 12.3. The van der Waals surface area contributed by atoms with Crippen LogP contribution < -0.4 is 10.2 Å². The second-order valence-electron chi connectivity index (χ2n) is 4.94. The smallest absolute Gasteiger partial charge is 0.270 e. The lowest BCUT2D eigenvalue weighted by Crippen LogP contribution is -2.18. The van der Waals surface area contributed by atoms with Gasteiger partial charge in [-0.15, -0.1) is 0 Å². The Morgan fingerprint density at radius 1 is 1.26 bits per heavy atom. The van der Waals surface area contributed by atoms with Gasteiger partial charge in [-0.2, -0.15) is 0 Å². The molecule has 2 aromatic carbocycles. The van der Waals surface area contributed by atoms with Gasteiger partial charge in [0.1, 0.15) is 5.82 Å². The van der Waals surface area contributed by atoms with Crippen LogP contribution in [0.4, 0.5) is 21.5 Å². The first-order valence-electron chi connectivity index (χ1n) is 6.51. The molecule has 8 heteroatoms. The van der Waals surface area contributed by atoms with Crippen molar-refractivity contribution in [3.05, 3.63) is 62.9 Å². The van der Waals surface area contributed by atoms with E-state index in [1.54, 1.807) is 19.0 Å². The van der Waals surface area contributed by atoms with E-state index in [0.29, 0.717) is 5.69 Å². The molecular weight excluding hydrogens is 325 g/mol. The first-order chi connectivity index (χ1) is 10.8. The summed E-state index contributed by atoms with van der Waals surface area (Å²) in [6.07, 6.45) is 0. The zero-order valence-corrected chi connectivity index (χ0v) is 13.1. The quantitative estimate of drug-likeness (QED) is 0.681. The van der Waals surface area contributed by atoms with Gasteiger partial charge < -0.3 is 10.2 Å². The molecule has 120 valence electrons. The summed E-state index contributed by atoms with van der Waals surface area (Å²) in [6.45, 7) is 0. The summed E-state index contributed by atoms with van der Waals surface area (Å²) in [6, 6.07) is 7.74. The van der Waals surface area contributed by atoms with Crippen LogP contribution in [-0.2, 0) is 0 Å². The summed E-state index contributed by atoms with van der Waals surface area (Å²) < 4.78 is 13.1. The number of nitrogens with one attached hydrogen (secondary N) is 1. The number of rotatable bonds is 4. The fraction of sp³-hybridized carbons (Fsp3) is 0.133. The number of hydrogen-bond acceptors (Lipinski definition) is 4. The molecule has 0 aliphatic rings. The summed E-state index contributed by atoms with van der Waals surface area (Å²) >= 11 is 5.67. The molecule has 0 heterocycles. The number of nitro benzene ring substituents is 1. The summed E-state index contributed by atoms with van der Waals surface area (Å²) in [5.41, 5.74) is 0.737. The monoisotopic (exact) mass is 337 g/mol. The number of anilines is 2. The summed E-state index contributed by atoms with van der Waals surface area (Å²) in [5, 5.41) is 13.3. The highest BCUT2D eigenvalue weighted by Crippen LogP contribution is 2.26. The van der Waals surface area contributed by atoms with Crippen molar-refractivity contribution in [2.75, 3.05) is 24.3 Å². The maximum Gasteiger partial charge on any atom is 0.270 e. The molecule has 2 rings (SSSR count). The van der Waals surface area contributed by atoms with E-state index >= 15 is 0 Å². The highest BCUT2D eigenvalue weighted by molar-refractivity contribution is 6.31. The van der Waals surface area contributed by atoms with E-state index in [4.69, 9.17) is 11.6 Å². The van der Waals surface area contributed by atoms with E-state index in [1.807, 2.05) is 0 Å². The van der Waals surface area contributed by atoms with Crippen LogP contribution in [0.5, 0.6) is 0 Å². The topological polar surface area (TPSA) is 75.5 Å². The Morgan fingerprint density at radius 3 is 2.52 bits per heavy atom. The maximum absolute atomic E-state index is 13.1. The van der Waals surface area contributed by atoms with Gasteiger partial charge in [0.25, 0.3) is 11.6 Å². The van der Waals surface area contributed by atoms with Crippen LogP contribution in [-0.4, -0.2) is 24.9 Å². The minimum atomic E-state index is -0.603. The van der Waals surface area contributed by atoms with Gasteiger partial charge in [0, 0.05) is 37.6 Å². The first kappa shape index (κ1) is 16.7. The Balaban J connectivity index is 2.38. The van der Waals surface area contributed by atoms with Gasteiger partial charge in [-0.25, -0.2) is 4.39 Å². The van der Waals surface area contributed by atoms with Crippen LogP contribution in [0.2, 0.25) is 5.02 Å². The summed E-state index contributed by atoms with van der Waals surface area (Å²) in [4.78, 5) is 24.4. The average molecular weight is 338 g/mol. The van der Waals surface area contributed by atoms with Crippen molar-refractivity contribution in [1.82, 2.24) is 0 Å². The van der Waals surface area contributed by atoms with Crippen LogP contribution >= 0.6 is 11.6 Å². The van der Waals surface area contributed by atoms with Gasteiger partial charge in [-0.05, 0) is 24.3 Å². The largest absolute Gasteiger partial charge is 0.377 e. The van der Waals surface area contributed by atoms with Crippen molar-refractivity contribution >= 4 is 34.6 Å². The van der Waals surface area contributed by atoms with E-state index < -0.39 is 16.6 Å². The van der Waals surface area contributed by atoms with Gasteiger partial charge in [0.05, 0.1) is 15.5 Å². The average Bonchev–Trinajstić information content (AvgIpc) is 2.50. The minimum Gasteiger partial charge on any atom is -0.377 e. The molecule has 0 radical (unpaired) electrons. The van der Waals surface area contributed by atoms with E-state index in [-0.39, 0.29) is 22.0 Å². The highest BCUT2D eigenvalue weighted by atomic mass is 35.5. The molecule has 6 nitrogen and oxygen atoms in total. The molecule has 1 amide bonds. The second-order valence-corrected chi connectivity index (χ2v) is 5.34. The van der Waals surface area contributed by atoms with Gasteiger partial charge in [0.2, 0.25) is 0 Å². The lowest BCUT2D eigenvalue weighted by atomic mass is 10.1. The summed E-state index contributed by atoms with van der Waals surface area (Å²) in [7, 11) is 3.43. The maximum atomic E-state index is 13.1. The van der Waals surface area contributed by atoms with Crippen LogP contribution in [0.25, 0.3) is 0 Å². The SMILES string of the molecule is CN(C)c1ccc([N+](=O)[O-])cc1C(=O)Nc1ccc(F)c(Cl)c1. The molecule has 23 heavy (non-hydrogen) atoms. The molecule has 0 fully saturated rings. The Bertz CT molecular complexity index is 781. The molecule has 0 aliphatic heterocycles. The third-order valence-electron chi connectivity index (χ3n) is 3.09. The molecule has 0 aromatic heterocycles. The van der Waals surface area contributed by atoms with E-state index in [1.165, 1.54) is 30.3 Å². The molecule has 0 aliphatic carbocycles. The predicted molar refractivity (Wildman–Crippen MR) is 86.8 cm³/mol. The Labute approximate surface area is 136 Å². The number of halogens is 2. The molecule has 0 saturated carbocycles. The second kappa shape index (κ2) is 6.62. The zero-order chi connectivity index (χ0) is 17.1. The van der Waals surface area contributed by atoms with Crippen LogP contribution in [0.15, 0.2) is 36.4 Å². The molecule has 0 bridgehead atoms. The number of nitrogens with zero attached hydrogens (tertiary/aromatic N) is 2. The molecule has 0 atom stereocenters. The number of carbonyl (C=O) groups excluding carboxylic acids is 1. The molecule has 0 unspecified atom stereocenters. The number of non-ortho nitro benzene ring substituents is 1. The molecule has 1 N–H and O–H groups in total. The Morgan fingerprint density at radius 2 is 1.96 bits per heavy atom. The van der Waals surface area contributed by atoms with E-state index in [0.717, 1.165) is 6.07 Å². The number of benzene rings is 2. The number of amides is 1. The van der Waals surface area contributed by atoms with Crippen molar-refractivity contribution in [2.24, 2.45) is 0 Å². The standard InChI is InChI=1S/C15H13ClFN3O3/c1-19(2)14-6-4-10(20(22)23)8-11(14)15(21)18-9-3-5-13(17)12(16)7-9/h3-8H,1-2H3,(H,18,21). The third kappa shape index (κ3) is 3.75. The van der Waals surface area contributed by atoms with Crippen LogP contribution in [0.3, 0.4) is 0 Å². The lowest BCUT2D eigenvalue weighted by molar-refractivity contribution is -0.384. The van der Waals surface area contributed by atoms with Gasteiger partial charge in [-0.1, -0.05) is 11.6 Å². The number of nitro groups is 1. The lowest BCUT2D eigenvalue weighted by Gasteiger charge is -2.17. The molecule has 0 saturated heterocycles. The van der Waals surface area contributed by atoms with Gasteiger partial charge in [-0.3, -0.25) is 14.9 Å². The van der Waals surface area contributed by atoms with Gasteiger partial charge in [0.15, 0.2) is 0 Å². The van der Waals surface area contributed by atoms with Crippen molar-refractivity contribution in [3.63, 3.8) is 0 Å². The summed E-state index contributed by atoms with van der Waals surface area (Å²) in [5.74, 6) is -1.16. The predicted octanol–water partition coefficient (Wildman–Crippen LogP) is 3.71. The first-order valence-corrected chi connectivity index (χ1v) is 6.89. The molecular formula is C15H13ClFN3O3. The van der Waals surface area contributed by atoms with Crippen LogP contribution in [0.1, 0.15) is 10.4 Å². The Kier molecular flexibility index (Phi) is 4.80. The highest BCUT2D eigenvalue weighted by Gasteiger charge is 2.18. The molecule has 2 aromatic rings.